The minimum absolute atomic E-state index is 0.117. The van der Waals surface area contributed by atoms with Crippen molar-refractivity contribution in [2.24, 2.45) is 14.1 Å². The number of nitrogens with one attached hydrogen (secondary N) is 2. The molecule has 13 heteroatoms. The molecule has 34 heavy (non-hydrogen) atoms. The smallest absolute Gasteiger partial charge is 0.330 e. The number of aromatic nitrogens is 4. The largest absolute Gasteiger partial charge is 0.370 e. The third-order valence-corrected chi connectivity index (χ3v) is 4.69. The number of ether oxygens (including phenoxy) is 1. The highest BCUT2D eigenvalue weighted by Crippen LogP contribution is 2.23. The average Bonchev–Trinajstić information content (AvgIpc) is 3.37. The maximum absolute atomic E-state index is 13.0. The second-order valence-electron chi connectivity index (χ2n) is 7.44. The van der Waals surface area contributed by atoms with Crippen LogP contribution in [0.15, 0.2) is 42.9 Å². The van der Waals surface area contributed by atoms with E-state index in [0.717, 1.165) is 5.56 Å². The van der Waals surface area contributed by atoms with Gasteiger partial charge >= 0.3 is 12.3 Å². The maximum atomic E-state index is 13.0. The molecule has 0 aliphatic carbocycles. The van der Waals surface area contributed by atoms with Crippen LogP contribution >= 0.6 is 0 Å². The molecule has 0 radical (unpaired) electrons. The molecule has 0 fully saturated rings. The van der Waals surface area contributed by atoms with Crippen LogP contribution in [0.3, 0.4) is 0 Å². The van der Waals surface area contributed by atoms with Gasteiger partial charge in [-0.3, -0.25) is 19.0 Å². The molecule has 1 aromatic carbocycles. The van der Waals surface area contributed by atoms with Crippen LogP contribution in [-0.2, 0) is 32.0 Å². The quantitative estimate of drug-likeness (QED) is 0.433. The summed E-state index contributed by atoms with van der Waals surface area (Å²) < 4.78 is 58.0. The standard InChI is InChI=1S/C21H22F4N6O3/c1-30-10-14(8-27-30)7-26-19(33)17-16(9-28-31(17)2)29-18(32)15-5-3-4-13(6-15)11-34-12-21(24,25)20(22)23/h3-6,8-10,20H,7,11-12H2,1-2H3,(H,26,33)(H,29,32). The maximum Gasteiger partial charge on any atom is 0.330 e. The lowest BCUT2D eigenvalue weighted by Gasteiger charge is -2.15. The SMILES string of the molecule is Cn1cc(CNC(=O)c2c(NC(=O)c3cccc(COCC(F)(F)C(F)F)c3)cnn2C)cn1. The molecule has 0 atom stereocenters. The summed E-state index contributed by atoms with van der Waals surface area (Å²) in [7, 11) is 3.29. The van der Waals surface area contributed by atoms with Crippen LogP contribution in [0.1, 0.15) is 32.0 Å². The topological polar surface area (TPSA) is 103 Å². The summed E-state index contributed by atoms with van der Waals surface area (Å²) in [6, 6.07) is 5.82. The third-order valence-electron chi connectivity index (χ3n) is 4.69. The van der Waals surface area contributed by atoms with Gasteiger partial charge in [0, 0.05) is 38.0 Å². The highest BCUT2D eigenvalue weighted by atomic mass is 19.3. The van der Waals surface area contributed by atoms with Crippen LogP contribution in [-0.4, -0.2) is 50.3 Å². The molecular weight excluding hydrogens is 460 g/mol. The number of rotatable bonds is 10. The van der Waals surface area contributed by atoms with Crippen LogP contribution in [0.4, 0.5) is 23.2 Å². The lowest BCUT2D eigenvalue weighted by molar-refractivity contribution is -0.168. The molecule has 0 aliphatic heterocycles. The van der Waals surface area contributed by atoms with Crippen molar-refractivity contribution >= 4 is 17.5 Å². The number of alkyl halides is 4. The minimum atomic E-state index is -4.26. The van der Waals surface area contributed by atoms with Crippen molar-refractivity contribution in [3.05, 3.63) is 65.2 Å². The average molecular weight is 482 g/mol. The normalized spacial score (nSPS) is 11.6. The Hall–Kier alpha value is -3.74. The van der Waals surface area contributed by atoms with Gasteiger partial charge in [-0.05, 0) is 17.7 Å². The molecule has 0 spiro atoms. The van der Waals surface area contributed by atoms with E-state index >= 15 is 0 Å². The van der Waals surface area contributed by atoms with Crippen molar-refractivity contribution in [1.82, 2.24) is 24.9 Å². The fourth-order valence-corrected chi connectivity index (χ4v) is 2.99. The van der Waals surface area contributed by atoms with Gasteiger partial charge in [-0.2, -0.15) is 19.0 Å². The number of hydrogen-bond donors (Lipinski definition) is 2. The van der Waals surface area contributed by atoms with Crippen LogP contribution in [0.25, 0.3) is 0 Å². The minimum Gasteiger partial charge on any atom is -0.370 e. The second-order valence-corrected chi connectivity index (χ2v) is 7.44. The molecular formula is C21H22F4N6O3. The van der Waals surface area contributed by atoms with Crippen LogP contribution in [0, 0.1) is 0 Å². The number of hydrogen-bond acceptors (Lipinski definition) is 5. The number of aryl methyl sites for hydroxylation is 2. The molecule has 0 saturated carbocycles. The molecule has 182 valence electrons. The van der Waals surface area contributed by atoms with Crippen molar-refractivity contribution in [3.8, 4) is 0 Å². The molecule has 0 unspecified atom stereocenters. The predicted octanol–water partition coefficient (Wildman–Crippen LogP) is 2.75. The summed E-state index contributed by atoms with van der Waals surface area (Å²) in [6.07, 6.45) is 0.839. The van der Waals surface area contributed by atoms with E-state index in [9.17, 15) is 27.2 Å². The number of anilines is 1. The van der Waals surface area contributed by atoms with Crippen molar-refractivity contribution in [1.29, 1.82) is 0 Å². The van der Waals surface area contributed by atoms with Crippen molar-refractivity contribution in [3.63, 3.8) is 0 Å². The summed E-state index contributed by atoms with van der Waals surface area (Å²) in [4.78, 5) is 25.4. The van der Waals surface area contributed by atoms with Crippen molar-refractivity contribution < 1.29 is 31.9 Å². The monoisotopic (exact) mass is 482 g/mol. The van der Waals surface area contributed by atoms with Gasteiger partial charge in [0.15, 0.2) is 0 Å². The second kappa shape index (κ2) is 10.5. The highest BCUT2D eigenvalue weighted by molar-refractivity contribution is 6.08. The summed E-state index contributed by atoms with van der Waals surface area (Å²) in [6.45, 7) is -1.62. The Kier molecular flexibility index (Phi) is 7.66. The van der Waals surface area contributed by atoms with E-state index in [2.05, 4.69) is 25.6 Å². The Morgan fingerprint density at radius 3 is 2.56 bits per heavy atom. The summed E-state index contributed by atoms with van der Waals surface area (Å²) >= 11 is 0. The number of halogens is 4. The predicted molar refractivity (Wildman–Crippen MR) is 113 cm³/mol. The molecule has 2 amide bonds. The number of nitrogens with zero attached hydrogens (tertiary/aromatic N) is 4. The summed E-state index contributed by atoms with van der Waals surface area (Å²) in [5.41, 5.74) is 1.54. The van der Waals surface area contributed by atoms with E-state index in [0.29, 0.717) is 5.56 Å². The Morgan fingerprint density at radius 1 is 1.12 bits per heavy atom. The van der Waals surface area contributed by atoms with Crippen LogP contribution in [0.5, 0.6) is 0 Å². The Bertz CT molecular complexity index is 1160. The molecule has 2 N–H and O–H groups in total. The van der Waals surface area contributed by atoms with E-state index in [-0.39, 0.29) is 23.5 Å². The first-order chi connectivity index (χ1) is 16.1. The molecule has 0 bridgehead atoms. The lowest BCUT2D eigenvalue weighted by atomic mass is 10.1. The van der Waals surface area contributed by atoms with Gasteiger partial charge in [0.05, 0.1) is 24.7 Å². The molecule has 0 saturated heterocycles. The highest BCUT2D eigenvalue weighted by Gasteiger charge is 2.40. The van der Waals surface area contributed by atoms with E-state index in [1.54, 1.807) is 31.2 Å². The molecule has 2 heterocycles. The molecule has 3 aromatic rings. The van der Waals surface area contributed by atoms with Gasteiger partial charge in [0.25, 0.3) is 11.8 Å². The Morgan fingerprint density at radius 2 is 1.88 bits per heavy atom. The number of carbonyl (C=O) groups is 2. The third kappa shape index (κ3) is 6.19. The fraction of sp³-hybridized carbons (Fsp3) is 0.333. The zero-order valence-corrected chi connectivity index (χ0v) is 18.3. The Labute approximate surface area is 191 Å². The molecule has 3 rings (SSSR count). The number of benzene rings is 1. The van der Waals surface area contributed by atoms with E-state index in [4.69, 9.17) is 0 Å². The number of carbonyl (C=O) groups excluding carboxylic acids is 2. The van der Waals surface area contributed by atoms with E-state index in [1.165, 1.54) is 35.1 Å². The first-order valence-corrected chi connectivity index (χ1v) is 9.98. The number of amides is 2. The van der Waals surface area contributed by atoms with E-state index in [1.807, 2.05) is 0 Å². The van der Waals surface area contributed by atoms with Crippen LogP contribution in [0.2, 0.25) is 0 Å². The van der Waals surface area contributed by atoms with Gasteiger partial charge < -0.3 is 15.4 Å². The molecule has 9 nitrogen and oxygen atoms in total. The van der Waals surface area contributed by atoms with Gasteiger partial charge in [-0.1, -0.05) is 12.1 Å². The zero-order chi connectivity index (χ0) is 24.9. The molecule has 0 aliphatic rings. The first-order valence-electron chi connectivity index (χ1n) is 9.98. The van der Waals surface area contributed by atoms with Gasteiger partial charge in [0.1, 0.15) is 12.3 Å². The lowest BCUT2D eigenvalue weighted by Crippen LogP contribution is -2.32. The van der Waals surface area contributed by atoms with Gasteiger partial charge in [-0.15, -0.1) is 0 Å². The fourth-order valence-electron chi connectivity index (χ4n) is 2.99. The first kappa shape index (κ1) is 24.9. The van der Waals surface area contributed by atoms with Gasteiger partial charge in [0.2, 0.25) is 0 Å². The summed E-state index contributed by atoms with van der Waals surface area (Å²) in [5, 5.41) is 13.4. The van der Waals surface area contributed by atoms with E-state index < -0.39 is 37.4 Å². The van der Waals surface area contributed by atoms with Crippen molar-refractivity contribution in [2.45, 2.75) is 25.5 Å². The van der Waals surface area contributed by atoms with Crippen molar-refractivity contribution in [2.75, 3.05) is 11.9 Å². The molecule has 2 aromatic heterocycles. The van der Waals surface area contributed by atoms with Gasteiger partial charge in [-0.25, -0.2) is 8.78 Å². The summed E-state index contributed by atoms with van der Waals surface area (Å²) in [5.74, 6) is -5.32. The van der Waals surface area contributed by atoms with Crippen LogP contribution < -0.4 is 10.6 Å². The Balaban J connectivity index is 1.63. The zero-order valence-electron chi connectivity index (χ0n) is 18.3.